The number of nitrogens with one attached hydrogen (secondary N) is 1. The van der Waals surface area contributed by atoms with Gasteiger partial charge in [0.2, 0.25) is 0 Å². The van der Waals surface area contributed by atoms with Crippen molar-refractivity contribution in [3.05, 3.63) is 48.0 Å². The molecule has 0 saturated carbocycles. The molecule has 0 unspecified atom stereocenters. The van der Waals surface area contributed by atoms with Crippen molar-refractivity contribution in [3.63, 3.8) is 0 Å². The summed E-state index contributed by atoms with van der Waals surface area (Å²) in [5, 5.41) is 1.30. The van der Waals surface area contributed by atoms with Crippen molar-refractivity contribution < 1.29 is 9.47 Å². The van der Waals surface area contributed by atoms with E-state index in [0.29, 0.717) is 0 Å². The standard InChI is InChI=1S/C19H21NO2/c1-4-7-15-14-8-5-6-9-16(14)20-19(15)13-10-11-17(21-2)18(12-13)22-3/h5-6,8-12,20H,4,7H2,1-3H3. The highest BCUT2D eigenvalue weighted by Gasteiger charge is 2.14. The van der Waals surface area contributed by atoms with E-state index in [9.17, 15) is 0 Å². The fraction of sp³-hybridized carbons (Fsp3) is 0.263. The number of ether oxygens (including phenoxy) is 2. The largest absolute Gasteiger partial charge is 0.493 e. The summed E-state index contributed by atoms with van der Waals surface area (Å²) in [7, 11) is 3.32. The molecule has 0 bridgehead atoms. The first-order valence-corrected chi connectivity index (χ1v) is 7.60. The number of hydrogen-bond acceptors (Lipinski definition) is 2. The first-order chi connectivity index (χ1) is 10.8. The molecule has 2 aromatic carbocycles. The van der Waals surface area contributed by atoms with E-state index < -0.39 is 0 Å². The minimum Gasteiger partial charge on any atom is -0.493 e. The molecule has 3 rings (SSSR count). The third kappa shape index (κ3) is 2.43. The molecule has 1 aromatic heterocycles. The second-order valence-electron chi connectivity index (χ2n) is 5.34. The normalized spacial score (nSPS) is 10.9. The van der Waals surface area contributed by atoms with Crippen molar-refractivity contribution in [2.75, 3.05) is 14.2 Å². The molecule has 3 heteroatoms. The molecular formula is C19H21NO2. The van der Waals surface area contributed by atoms with Crippen LogP contribution in [-0.4, -0.2) is 19.2 Å². The predicted octanol–water partition coefficient (Wildman–Crippen LogP) is 4.80. The highest BCUT2D eigenvalue weighted by molar-refractivity contribution is 5.91. The smallest absolute Gasteiger partial charge is 0.161 e. The van der Waals surface area contributed by atoms with Gasteiger partial charge in [0.25, 0.3) is 0 Å². The Kier molecular flexibility index (Phi) is 4.05. The Balaban J connectivity index is 2.19. The number of aryl methyl sites for hydroxylation is 1. The van der Waals surface area contributed by atoms with E-state index in [1.807, 2.05) is 12.1 Å². The highest BCUT2D eigenvalue weighted by Crippen LogP contribution is 2.36. The monoisotopic (exact) mass is 295 g/mol. The van der Waals surface area contributed by atoms with Gasteiger partial charge in [-0.05, 0) is 36.2 Å². The summed E-state index contributed by atoms with van der Waals surface area (Å²) in [5.41, 5.74) is 4.84. The van der Waals surface area contributed by atoms with Gasteiger partial charge in [0, 0.05) is 22.2 Å². The Morgan fingerprint density at radius 1 is 0.955 bits per heavy atom. The SMILES string of the molecule is CCCc1c(-c2ccc(OC)c(OC)c2)[nH]c2ccccc12. The van der Waals surface area contributed by atoms with E-state index in [2.05, 4.69) is 42.2 Å². The number of methoxy groups -OCH3 is 2. The first kappa shape index (κ1) is 14.5. The van der Waals surface area contributed by atoms with Crippen LogP contribution in [0.25, 0.3) is 22.2 Å². The fourth-order valence-corrected chi connectivity index (χ4v) is 2.95. The van der Waals surface area contributed by atoms with Crippen LogP contribution in [0, 0.1) is 0 Å². The Bertz CT molecular complexity index is 789. The van der Waals surface area contributed by atoms with Crippen molar-refractivity contribution in [2.45, 2.75) is 19.8 Å². The van der Waals surface area contributed by atoms with Gasteiger partial charge in [-0.15, -0.1) is 0 Å². The Labute approximate surface area is 130 Å². The Morgan fingerprint density at radius 2 is 1.73 bits per heavy atom. The van der Waals surface area contributed by atoms with E-state index in [0.717, 1.165) is 29.9 Å². The highest BCUT2D eigenvalue weighted by atomic mass is 16.5. The van der Waals surface area contributed by atoms with Crippen molar-refractivity contribution >= 4 is 10.9 Å². The lowest BCUT2D eigenvalue weighted by Crippen LogP contribution is -1.92. The van der Waals surface area contributed by atoms with Crippen molar-refractivity contribution in [1.29, 1.82) is 0 Å². The third-order valence-electron chi connectivity index (χ3n) is 3.99. The average Bonchev–Trinajstić information content (AvgIpc) is 2.93. The average molecular weight is 295 g/mol. The van der Waals surface area contributed by atoms with Crippen LogP contribution in [0.1, 0.15) is 18.9 Å². The maximum Gasteiger partial charge on any atom is 0.161 e. The molecule has 0 atom stereocenters. The summed E-state index contributed by atoms with van der Waals surface area (Å²) in [6.07, 6.45) is 2.16. The van der Waals surface area contributed by atoms with E-state index in [1.165, 1.54) is 22.2 Å². The predicted molar refractivity (Wildman–Crippen MR) is 90.8 cm³/mol. The molecule has 0 amide bonds. The summed E-state index contributed by atoms with van der Waals surface area (Å²) >= 11 is 0. The van der Waals surface area contributed by atoms with Crippen molar-refractivity contribution in [3.8, 4) is 22.8 Å². The molecule has 3 nitrogen and oxygen atoms in total. The molecule has 0 saturated heterocycles. The summed E-state index contributed by atoms with van der Waals surface area (Å²) in [4.78, 5) is 3.56. The summed E-state index contributed by atoms with van der Waals surface area (Å²) in [6.45, 7) is 2.21. The minimum atomic E-state index is 0.749. The molecule has 0 aliphatic heterocycles. The number of fused-ring (bicyclic) bond motifs is 1. The molecule has 0 aliphatic rings. The maximum atomic E-state index is 5.43. The van der Waals surface area contributed by atoms with Gasteiger partial charge >= 0.3 is 0 Å². The molecular weight excluding hydrogens is 274 g/mol. The summed E-state index contributed by atoms with van der Waals surface area (Å²) < 4.78 is 10.8. The van der Waals surface area contributed by atoms with E-state index in [-0.39, 0.29) is 0 Å². The fourth-order valence-electron chi connectivity index (χ4n) is 2.95. The quantitative estimate of drug-likeness (QED) is 0.733. The molecule has 0 fully saturated rings. The van der Waals surface area contributed by atoms with Gasteiger partial charge in [-0.25, -0.2) is 0 Å². The Morgan fingerprint density at radius 3 is 2.45 bits per heavy atom. The van der Waals surface area contributed by atoms with Crippen molar-refractivity contribution in [1.82, 2.24) is 4.98 Å². The molecule has 0 spiro atoms. The second-order valence-corrected chi connectivity index (χ2v) is 5.34. The number of para-hydroxylation sites is 1. The lowest BCUT2D eigenvalue weighted by Gasteiger charge is -2.10. The van der Waals surface area contributed by atoms with Crippen LogP contribution in [0.5, 0.6) is 11.5 Å². The van der Waals surface area contributed by atoms with Crippen LogP contribution in [0.2, 0.25) is 0 Å². The molecule has 114 valence electrons. The summed E-state index contributed by atoms with van der Waals surface area (Å²) in [5.74, 6) is 1.50. The van der Waals surface area contributed by atoms with Crippen LogP contribution in [0.4, 0.5) is 0 Å². The van der Waals surface area contributed by atoms with Gasteiger partial charge < -0.3 is 14.5 Å². The van der Waals surface area contributed by atoms with E-state index >= 15 is 0 Å². The molecule has 1 N–H and O–H groups in total. The zero-order valence-electron chi connectivity index (χ0n) is 13.3. The van der Waals surface area contributed by atoms with Crippen LogP contribution in [0.15, 0.2) is 42.5 Å². The molecule has 22 heavy (non-hydrogen) atoms. The number of H-pyrrole nitrogens is 1. The van der Waals surface area contributed by atoms with Crippen LogP contribution in [0.3, 0.4) is 0 Å². The molecule has 1 heterocycles. The van der Waals surface area contributed by atoms with Gasteiger partial charge in [0.15, 0.2) is 11.5 Å². The molecule has 0 radical (unpaired) electrons. The van der Waals surface area contributed by atoms with E-state index in [4.69, 9.17) is 9.47 Å². The maximum absolute atomic E-state index is 5.43. The minimum absolute atomic E-state index is 0.749. The third-order valence-corrected chi connectivity index (χ3v) is 3.99. The summed E-state index contributed by atoms with van der Waals surface area (Å²) in [6, 6.07) is 14.5. The van der Waals surface area contributed by atoms with Crippen LogP contribution < -0.4 is 9.47 Å². The zero-order valence-corrected chi connectivity index (χ0v) is 13.3. The Hall–Kier alpha value is -2.42. The van der Waals surface area contributed by atoms with Gasteiger partial charge in [-0.3, -0.25) is 0 Å². The molecule has 3 aromatic rings. The van der Waals surface area contributed by atoms with Crippen LogP contribution >= 0.6 is 0 Å². The zero-order chi connectivity index (χ0) is 15.5. The van der Waals surface area contributed by atoms with Gasteiger partial charge in [0.1, 0.15) is 0 Å². The number of aromatic nitrogens is 1. The first-order valence-electron chi connectivity index (χ1n) is 7.60. The van der Waals surface area contributed by atoms with Crippen molar-refractivity contribution in [2.24, 2.45) is 0 Å². The lowest BCUT2D eigenvalue weighted by molar-refractivity contribution is 0.355. The molecule has 0 aliphatic carbocycles. The van der Waals surface area contributed by atoms with Crippen LogP contribution in [-0.2, 0) is 6.42 Å². The van der Waals surface area contributed by atoms with Gasteiger partial charge in [-0.1, -0.05) is 31.5 Å². The lowest BCUT2D eigenvalue weighted by atomic mass is 10.0. The van der Waals surface area contributed by atoms with E-state index in [1.54, 1.807) is 14.2 Å². The second kappa shape index (κ2) is 6.14. The number of aromatic amines is 1. The van der Waals surface area contributed by atoms with Gasteiger partial charge in [-0.2, -0.15) is 0 Å². The van der Waals surface area contributed by atoms with Gasteiger partial charge in [0.05, 0.1) is 14.2 Å². The number of hydrogen-bond donors (Lipinski definition) is 1. The number of rotatable bonds is 5. The number of benzene rings is 2. The topological polar surface area (TPSA) is 34.2 Å².